The monoisotopic (exact) mass is 369 g/mol. The van der Waals surface area contributed by atoms with Gasteiger partial charge >= 0.3 is 0 Å². The highest BCUT2D eigenvalue weighted by Gasteiger charge is 2.25. The van der Waals surface area contributed by atoms with Gasteiger partial charge in [0.05, 0.1) is 19.8 Å². The summed E-state index contributed by atoms with van der Waals surface area (Å²) < 4.78 is 10.8. The number of methoxy groups -OCH3 is 2. The fourth-order valence-electron chi connectivity index (χ4n) is 3.33. The third kappa shape index (κ3) is 3.37. The summed E-state index contributed by atoms with van der Waals surface area (Å²) in [6.45, 7) is 3.85. The van der Waals surface area contributed by atoms with Crippen molar-refractivity contribution >= 4 is 11.8 Å². The van der Waals surface area contributed by atoms with Crippen LogP contribution in [0.2, 0.25) is 0 Å². The fraction of sp³-hybridized carbons (Fsp3) is 0.400. The molecule has 0 unspecified atom stereocenters. The van der Waals surface area contributed by atoms with Gasteiger partial charge in [0.25, 0.3) is 0 Å². The Labute approximate surface area is 158 Å². The molecule has 1 aliphatic heterocycles. The lowest BCUT2D eigenvalue weighted by molar-refractivity contribution is 0.309. The van der Waals surface area contributed by atoms with E-state index in [0.29, 0.717) is 17.1 Å². The summed E-state index contributed by atoms with van der Waals surface area (Å²) in [6, 6.07) is 8.24. The van der Waals surface area contributed by atoms with Crippen molar-refractivity contribution in [3.63, 3.8) is 0 Å². The van der Waals surface area contributed by atoms with Gasteiger partial charge in [-0.15, -0.1) is 11.8 Å². The van der Waals surface area contributed by atoms with E-state index in [0.717, 1.165) is 52.7 Å². The minimum Gasteiger partial charge on any atom is -0.493 e. The average molecular weight is 369 g/mol. The smallest absolute Gasteiger partial charge is 0.161 e. The molecular formula is C20H23N3O2S. The molecule has 0 aliphatic carbocycles. The molecule has 0 spiro atoms. The van der Waals surface area contributed by atoms with E-state index in [1.807, 2.05) is 18.2 Å². The number of nitriles is 1. The van der Waals surface area contributed by atoms with Crippen molar-refractivity contribution in [2.45, 2.75) is 24.9 Å². The topological polar surface area (TPSA) is 58.4 Å². The standard InChI is InChI=1S/C20H23N3O2S/c1-5-26-20-14(11-21)19(15-12-23(2)9-8-16(15)22-20)13-6-7-17(24-3)18(10-13)25-4/h6-7,10H,5,8-9,12H2,1-4H3. The van der Waals surface area contributed by atoms with Gasteiger partial charge in [-0.1, -0.05) is 13.0 Å². The number of rotatable bonds is 5. The average Bonchev–Trinajstić information content (AvgIpc) is 2.66. The Morgan fingerprint density at radius 2 is 2.04 bits per heavy atom. The van der Waals surface area contributed by atoms with Gasteiger partial charge in [0.2, 0.25) is 0 Å². The highest BCUT2D eigenvalue weighted by molar-refractivity contribution is 7.99. The Balaban J connectivity index is 2.28. The maximum absolute atomic E-state index is 9.91. The number of aromatic nitrogens is 1. The van der Waals surface area contributed by atoms with Crippen LogP contribution in [0.25, 0.3) is 11.1 Å². The van der Waals surface area contributed by atoms with E-state index in [9.17, 15) is 5.26 Å². The van der Waals surface area contributed by atoms with Crippen LogP contribution in [0, 0.1) is 11.3 Å². The van der Waals surface area contributed by atoms with Crippen LogP contribution < -0.4 is 9.47 Å². The van der Waals surface area contributed by atoms with Gasteiger partial charge < -0.3 is 14.4 Å². The first-order chi connectivity index (χ1) is 12.6. The van der Waals surface area contributed by atoms with Gasteiger partial charge in [0, 0.05) is 30.8 Å². The van der Waals surface area contributed by atoms with E-state index in [1.165, 1.54) is 0 Å². The van der Waals surface area contributed by atoms with E-state index in [1.54, 1.807) is 26.0 Å². The summed E-state index contributed by atoms with van der Waals surface area (Å²) in [7, 11) is 5.35. The minimum atomic E-state index is 0.651. The van der Waals surface area contributed by atoms with Crippen molar-refractivity contribution in [3.8, 4) is 28.7 Å². The van der Waals surface area contributed by atoms with Crippen molar-refractivity contribution < 1.29 is 9.47 Å². The molecule has 6 heteroatoms. The van der Waals surface area contributed by atoms with Gasteiger partial charge in [0.1, 0.15) is 11.1 Å². The summed E-state index contributed by atoms with van der Waals surface area (Å²) in [5.41, 5.74) is 4.83. The predicted molar refractivity (Wildman–Crippen MR) is 104 cm³/mol. The Bertz CT molecular complexity index is 861. The maximum atomic E-state index is 9.91. The maximum Gasteiger partial charge on any atom is 0.161 e. The predicted octanol–water partition coefficient (Wildman–Crippen LogP) is 3.74. The zero-order valence-electron chi connectivity index (χ0n) is 15.6. The molecular weight excluding hydrogens is 346 g/mol. The summed E-state index contributed by atoms with van der Waals surface area (Å²) >= 11 is 1.62. The van der Waals surface area contributed by atoms with E-state index >= 15 is 0 Å². The number of ether oxygens (including phenoxy) is 2. The number of pyridine rings is 1. The fourth-order valence-corrected chi connectivity index (χ4v) is 4.07. The molecule has 3 rings (SSSR count). The first-order valence-corrected chi connectivity index (χ1v) is 9.61. The molecule has 0 saturated heterocycles. The van der Waals surface area contributed by atoms with Gasteiger partial charge in [-0.25, -0.2) is 4.98 Å². The van der Waals surface area contributed by atoms with Crippen molar-refractivity contribution in [1.82, 2.24) is 9.88 Å². The van der Waals surface area contributed by atoms with Crippen LogP contribution in [0.5, 0.6) is 11.5 Å². The van der Waals surface area contributed by atoms with Crippen LogP contribution in [-0.2, 0) is 13.0 Å². The van der Waals surface area contributed by atoms with Crippen LogP contribution >= 0.6 is 11.8 Å². The number of benzene rings is 1. The molecule has 0 amide bonds. The molecule has 26 heavy (non-hydrogen) atoms. The van der Waals surface area contributed by atoms with Crippen LogP contribution in [0.4, 0.5) is 0 Å². The van der Waals surface area contributed by atoms with Gasteiger partial charge in [0.15, 0.2) is 11.5 Å². The molecule has 0 bridgehead atoms. The zero-order valence-corrected chi connectivity index (χ0v) is 16.4. The summed E-state index contributed by atoms with van der Waals surface area (Å²) in [4.78, 5) is 7.09. The third-order valence-corrected chi connectivity index (χ3v) is 5.43. The Morgan fingerprint density at radius 1 is 1.27 bits per heavy atom. The van der Waals surface area contributed by atoms with Crippen LogP contribution in [0.3, 0.4) is 0 Å². The molecule has 5 nitrogen and oxygen atoms in total. The van der Waals surface area contributed by atoms with Crippen molar-refractivity contribution in [1.29, 1.82) is 5.26 Å². The molecule has 0 fully saturated rings. The minimum absolute atomic E-state index is 0.651. The first kappa shape index (κ1) is 18.6. The van der Waals surface area contributed by atoms with Gasteiger partial charge in [-0.3, -0.25) is 0 Å². The lowest BCUT2D eigenvalue weighted by Gasteiger charge is -2.28. The van der Waals surface area contributed by atoms with Crippen molar-refractivity contribution in [2.75, 3.05) is 33.6 Å². The van der Waals surface area contributed by atoms with Gasteiger partial charge in [-0.05, 0) is 36.1 Å². The molecule has 1 aliphatic rings. The number of likely N-dealkylation sites (N-methyl/N-ethyl adjacent to an activating group) is 1. The molecule has 0 radical (unpaired) electrons. The summed E-state index contributed by atoms with van der Waals surface area (Å²) in [5, 5.41) is 10.7. The highest BCUT2D eigenvalue weighted by Crippen LogP contribution is 2.40. The molecule has 2 heterocycles. The Kier molecular flexibility index (Phi) is 5.70. The Hall–Kier alpha value is -2.23. The lowest BCUT2D eigenvalue weighted by atomic mass is 9.91. The zero-order chi connectivity index (χ0) is 18.7. The van der Waals surface area contributed by atoms with Crippen LogP contribution in [0.15, 0.2) is 23.2 Å². The second kappa shape index (κ2) is 7.98. The number of fused-ring (bicyclic) bond motifs is 1. The third-order valence-electron chi connectivity index (χ3n) is 4.57. The number of hydrogen-bond acceptors (Lipinski definition) is 6. The number of thioether (sulfide) groups is 1. The Morgan fingerprint density at radius 3 is 2.69 bits per heavy atom. The van der Waals surface area contributed by atoms with Gasteiger partial charge in [-0.2, -0.15) is 5.26 Å². The molecule has 1 aromatic carbocycles. The van der Waals surface area contributed by atoms with E-state index in [2.05, 4.69) is 24.9 Å². The van der Waals surface area contributed by atoms with E-state index in [4.69, 9.17) is 14.5 Å². The molecule has 1 aromatic heterocycles. The van der Waals surface area contributed by atoms with Crippen LogP contribution in [-0.4, -0.2) is 43.4 Å². The van der Waals surface area contributed by atoms with Crippen LogP contribution in [0.1, 0.15) is 23.7 Å². The SMILES string of the molecule is CCSc1nc2c(c(-c3ccc(OC)c(OC)c3)c1C#N)CN(C)CC2. The second-order valence-corrected chi connectivity index (χ2v) is 7.45. The van der Waals surface area contributed by atoms with E-state index in [-0.39, 0.29) is 0 Å². The first-order valence-electron chi connectivity index (χ1n) is 8.62. The number of nitrogens with zero attached hydrogens (tertiary/aromatic N) is 3. The molecule has 2 aromatic rings. The van der Waals surface area contributed by atoms with E-state index < -0.39 is 0 Å². The molecule has 0 saturated carbocycles. The largest absolute Gasteiger partial charge is 0.493 e. The van der Waals surface area contributed by atoms with Crippen molar-refractivity contribution in [2.24, 2.45) is 0 Å². The molecule has 136 valence electrons. The second-order valence-electron chi connectivity index (χ2n) is 6.19. The van der Waals surface area contributed by atoms with Crippen molar-refractivity contribution in [3.05, 3.63) is 35.0 Å². The highest BCUT2D eigenvalue weighted by atomic mass is 32.2. The molecule has 0 atom stereocenters. The summed E-state index contributed by atoms with van der Waals surface area (Å²) in [6.07, 6.45) is 0.898. The normalized spacial score (nSPS) is 13.8. The summed E-state index contributed by atoms with van der Waals surface area (Å²) in [5.74, 6) is 2.22. The lowest BCUT2D eigenvalue weighted by Crippen LogP contribution is -2.28. The quantitative estimate of drug-likeness (QED) is 0.749. The number of hydrogen-bond donors (Lipinski definition) is 0. The molecule has 0 N–H and O–H groups in total.